The maximum atomic E-state index is 11.3. The fourth-order valence-corrected chi connectivity index (χ4v) is 1.59. The van der Waals surface area contributed by atoms with E-state index in [1.54, 1.807) is 13.0 Å². The van der Waals surface area contributed by atoms with Crippen molar-refractivity contribution in [3.63, 3.8) is 0 Å². The highest BCUT2D eigenvalue weighted by atomic mass is 16.5. The highest BCUT2D eigenvalue weighted by Gasteiger charge is 2.21. The second-order valence-electron chi connectivity index (χ2n) is 4.12. The van der Waals surface area contributed by atoms with E-state index in [-0.39, 0.29) is 6.10 Å². The summed E-state index contributed by atoms with van der Waals surface area (Å²) in [5, 5.41) is 8.97. The fourth-order valence-electron chi connectivity index (χ4n) is 1.59. The van der Waals surface area contributed by atoms with Crippen molar-refractivity contribution in [3.8, 4) is 0 Å². The molecule has 17 heavy (non-hydrogen) atoms. The van der Waals surface area contributed by atoms with Gasteiger partial charge in [0, 0.05) is 6.08 Å². The monoisotopic (exact) mass is 242 g/mol. The Bertz CT molecular complexity index is 271. The molecular formula is C13H22O4. The Kier molecular flexibility index (Phi) is 8.11. The number of rotatable bonds is 8. The van der Waals surface area contributed by atoms with E-state index in [4.69, 9.17) is 9.84 Å². The predicted octanol–water partition coefficient (Wildman–Crippen LogP) is 2.78. The Labute approximate surface area is 103 Å². The van der Waals surface area contributed by atoms with Gasteiger partial charge in [-0.15, -0.1) is 0 Å². The Balaban J connectivity index is 4.13. The van der Waals surface area contributed by atoms with Gasteiger partial charge in [0.15, 0.2) is 0 Å². The third-order valence-electron chi connectivity index (χ3n) is 2.41. The molecule has 0 bridgehead atoms. The second-order valence-corrected chi connectivity index (χ2v) is 4.12. The lowest BCUT2D eigenvalue weighted by Crippen LogP contribution is -2.22. The number of carbonyl (C=O) groups excluding carboxylic acids is 1. The molecule has 4 nitrogen and oxygen atoms in total. The number of carboxylic acids is 1. The van der Waals surface area contributed by atoms with Gasteiger partial charge in [-0.25, -0.2) is 4.79 Å². The SMILES string of the molecule is CCC=CC(=O)OC(C)CC(CCC)C(=O)O. The largest absolute Gasteiger partial charge is 0.481 e. The molecule has 2 atom stereocenters. The van der Waals surface area contributed by atoms with Gasteiger partial charge in [0.1, 0.15) is 6.10 Å². The minimum atomic E-state index is -0.821. The van der Waals surface area contributed by atoms with E-state index in [9.17, 15) is 9.59 Å². The number of esters is 1. The fraction of sp³-hybridized carbons (Fsp3) is 0.692. The Hall–Kier alpha value is -1.32. The van der Waals surface area contributed by atoms with Gasteiger partial charge in [-0.05, 0) is 26.2 Å². The standard InChI is InChI=1S/C13H22O4/c1-4-6-8-12(14)17-10(3)9-11(7-5-2)13(15)16/h6,8,10-11H,4-5,7,9H2,1-3H3,(H,15,16). The smallest absolute Gasteiger partial charge is 0.330 e. The van der Waals surface area contributed by atoms with Gasteiger partial charge in [0.25, 0.3) is 0 Å². The van der Waals surface area contributed by atoms with Crippen LogP contribution in [0.15, 0.2) is 12.2 Å². The zero-order valence-corrected chi connectivity index (χ0v) is 10.8. The molecule has 0 fully saturated rings. The normalized spacial score (nSPS) is 14.5. The maximum absolute atomic E-state index is 11.3. The quantitative estimate of drug-likeness (QED) is 0.525. The molecule has 0 aromatic carbocycles. The first-order valence-corrected chi connectivity index (χ1v) is 6.11. The maximum Gasteiger partial charge on any atom is 0.330 e. The van der Waals surface area contributed by atoms with Crippen molar-refractivity contribution < 1.29 is 19.4 Å². The molecule has 4 heteroatoms. The number of hydrogen-bond donors (Lipinski definition) is 1. The van der Waals surface area contributed by atoms with Crippen LogP contribution in [0.4, 0.5) is 0 Å². The van der Waals surface area contributed by atoms with Crippen molar-refractivity contribution in [1.29, 1.82) is 0 Å². The molecule has 0 aromatic heterocycles. The van der Waals surface area contributed by atoms with Gasteiger partial charge in [-0.1, -0.05) is 26.3 Å². The first-order chi connectivity index (χ1) is 8.01. The molecule has 0 saturated heterocycles. The minimum absolute atomic E-state index is 0.364. The van der Waals surface area contributed by atoms with Crippen LogP contribution < -0.4 is 0 Å². The van der Waals surface area contributed by atoms with Crippen molar-refractivity contribution in [2.24, 2.45) is 5.92 Å². The van der Waals surface area contributed by atoms with Crippen LogP contribution >= 0.6 is 0 Å². The Morgan fingerprint density at radius 1 is 1.35 bits per heavy atom. The summed E-state index contributed by atoms with van der Waals surface area (Å²) in [4.78, 5) is 22.2. The number of aliphatic carboxylic acids is 1. The molecule has 0 rings (SSSR count). The molecule has 0 aliphatic carbocycles. The highest BCUT2D eigenvalue weighted by Crippen LogP contribution is 2.15. The van der Waals surface area contributed by atoms with Crippen LogP contribution in [0.1, 0.15) is 46.5 Å². The molecular weight excluding hydrogens is 220 g/mol. The van der Waals surface area contributed by atoms with E-state index in [0.29, 0.717) is 12.8 Å². The van der Waals surface area contributed by atoms with Crippen LogP contribution in [-0.2, 0) is 14.3 Å². The molecule has 0 aliphatic rings. The van der Waals surface area contributed by atoms with Crippen molar-refractivity contribution in [2.45, 2.75) is 52.6 Å². The highest BCUT2D eigenvalue weighted by molar-refractivity contribution is 5.82. The minimum Gasteiger partial charge on any atom is -0.481 e. The Morgan fingerprint density at radius 2 is 2.00 bits per heavy atom. The zero-order valence-electron chi connectivity index (χ0n) is 10.8. The van der Waals surface area contributed by atoms with E-state index in [1.165, 1.54) is 6.08 Å². The van der Waals surface area contributed by atoms with Gasteiger partial charge in [-0.3, -0.25) is 4.79 Å². The molecule has 0 amide bonds. The van der Waals surface area contributed by atoms with Crippen LogP contribution in [0.5, 0.6) is 0 Å². The molecule has 0 spiro atoms. The van der Waals surface area contributed by atoms with Crippen molar-refractivity contribution >= 4 is 11.9 Å². The van der Waals surface area contributed by atoms with Gasteiger partial charge in [-0.2, -0.15) is 0 Å². The van der Waals surface area contributed by atoms with Gasteiger partial charge < -0.3 is 9.84 Å². The van der Waals surface area contributed by atoms with Crippen LogP contribution in [0, 0.1) is 5.92 Å². The molecule has 0 saturated carbocycles. The lowest BCUT2D eigenvalue weighted by atomic mass is 9.97. The first-order valence-electron chi connectivity index (χ1n) is 6.11. The van der Waals surface area contributed by atoms with Crippen LogP contribution in [-0.4, -0.2) is 23.1 Å². The van der Waals surface area contributed by atoms with Crippen LogP contribution in [0.3, 0.4) is 0 Å². The summed E-state index contributed by atoms with van der Waals surface area (Å²) in [6.07, 6.45) is 5.31. The number of carboxylic acid groups (broad SMARTS) is 1. The van der Waals surface area contributed by atoms with E-state index in [1.807, 2.05) is 13.8 Å². The van der Waals surface area contributed by atoms with E-state index in [2.05, 4.69) is 0 Å². The van der Waals surface area contributed by atoms with E-state index >= 15 is 0 Å². The van der Waals surface area contributed by atoms with E-state index < -0.39 is 17.9 Å². The molecule has 0 radical (unpaired) electrons. The third kappa shape index (κ3) is 7.55. The first kappa shape index (κ1) is 15.7. The number of hydrogen-bond acceptors (Lipinski definition) is 3. The number of carbonyl (C=O) groups is 2. The summed E-state index contributed by atoms with van der Waals surface area (Å²) < 4.78 is 5.09. The Morgan fingerprint density at radius 3 is 2.47 bits per heavy atom. The molecule has 0 aromatic rings. The van der Waals surface area contributed by atoms with Crippen molar-refractivity contribution in [1.82, 2.24) is 0 Å². The summed E-state index contributed by atoms with van der Waals surface area (Å²) in [6.45, 7) is 5.59. The summed E-state index contributed by atoms with van der Waals surface area (Å²) >= 11 is 0. The molecule has 1 N–H and O–H groups in total. The van der Waals surface area contributed by atoms with Crippen LogP contribution in [0.25, 0.3) is 0 Å². The predicted molar refractivity (Wildman–Crippen MR) is 65.6 cm³/mol. The molecule has 2 unspecified atom stereocenters. The molecule has 98 valence electrons. The van der Waals surface area contributed by atoms with E-state index in [0.717, 1.165) is 12.8 Å². The average Bonchev–Trinajstić information content (AvgIpc) is 2.25. The molecule has 0 aliphatic heterocycles. The number of allylic oxidation sites excluding steroid dienone is 1. The summed E-state index contributed by atoms with van der Waals surface area (Å²) in [7, 11) is 0. The second kappa shape index (κ2) is 8.79. The average molecular weight is 242 g/mol. The topological polar surface area (TPSA) is 63.6 Å². The summed E-state index contributed by atoms with van der Waals surface area (Å²) in [6, 6.07) is 0. The van der Waals surface area contributed by atoms with Crippen molar-refractivity contribution in [2.75, 3.05) is 0 Å². The summed E-state index contributed by atoms with van der Waals surface area (Å²) in [5.74, 6) is -1.66. The lowest BCUT2D eigenvalue weighted by molar-refractivity contribution is -0.148. The van der Waals surface area contributed by atoms with Crippen LogP contribution in [0.2, 0.25) is 0 Å². The van der Waals surface area contributed by atoms with Gasteiger partial charge in [0.05, 0.1) is 5.92 Å². The van der Waals surface area contributed by atoms with Crippen molar-refractivity contribution in [3.05, 3.63) is 12.2 Å². The number of ether oxygens (including phenoxy) is 1. The van der Waals surface area contributed by atoms with Gasteiger partial charge >= 0.3 is 11.9 Å². The molecule has 0 heterocycles. The van der Waals surface area contributed by atoms with Gasteiger partial charge in [0.2, 0.25) is 0 Å². The third-order valence-corrected chi connectivity index (χ3v) is 2.41. The zero-order chi connectivity index (χ0) is 13.3. The lowest BCUT2D eigenvalue weighted by Gasteiger charge is -2.16. The summed E-state index contributed by atoms with van der Waals surface area (Å²) in [5.41, 5.74) is 0.